The number of halogens is 1. The summed E-state index contributed by atoms with van der Waals surface area (Å²) in [5.74, 6) is 2.39. The highest BCUT2D eigenvalue weighted by Gasteiger charge is 2.41. The Morgan fingerprint density at radius 3 is 2.55 bits per heavy atom. The van der Waals surface area contributed by atoms with Crippen molar-refractivity contribution >= 4 is 17.5 Å². The first-order valence-corrected chi connectivity index (χ1v) is 8.00. The Bertz CT molecular complexity index is 497. The molecular formula is C16H21ClN2O. The van der Waals surface area contributed by atoms with Crippen molar-refractivity contribution in [3.05, 3.63) is 28.5 Å². The summed E-state index contributed by atoms with van der Waals surface area (Å²) in [4.78, 5) is 16.4. The molecule has 0 spiro atoms. The van der Waals surface area contributed by atoms with Crippen molar-refractivity contribution in [3.63, 3.8) is 0 Å². The highest BCUT2D eigenvalue weighted by molar-refractivity contribution is 6.29. The van der Waals surface area contributed by atoms with Crippen LogP contribution in [0.4, 0.5) is 0 Å². The highest BCUT2D eigenvalue weighted by Crippen LogP contribution is 2.48. The van der Waals surface area contributed by atoms with Gasteiger partial charge in [-0.05, 0) is 62.0 Å². The summed E-state index contributed by atoms with van der Waals surface area (Å²) in [6.07, 6.45) is 6.17. The predicted molar refractivity (Wildman–Crippen MR) is 79.9 cm³/mol. The fraction of sp³-hybridized carbons (Fsp3) is 0.625. The molecule has 1 aromatic rings. The lowest BCUT2D eigenvalue weighted by molar-refractivity contribution is 0.0943. The molecule has 2 fully saturated rings. The van der Waals surface area contributed by atoms with Crippen LogP contribution >= 0.6 is 11.6 Å². The summed E-state index contributed by atoms with van der Waals surface area (Å²) in [6, 6.07) is 3.49. The monoisotopic (exact) mass is 292 g/mol. The van der Waals surface area contributed by atoms with Gasteiger partial charge in [-0.2, -0.15) is 0 Å². The Labute approximate surface area is 125 Å². The number of hydrogen-bond acceptors (Lipinski definition) is 2. The number of rotatable bonds is 6. The van der Waals surface area contributed by atoms with Gasteiger partial charge >= 0.3 is 0 Å². The van der Waals surface area contributed by atoms with Crippen LogP contribution in [0, 0.1) is 17.8 Å². The smallest absolute Gasteiger partial charge is 0.251 e. The average Bonchev–Trinajstić information content (AvgIpc) is 3.30. The van der Waals surface area contributed by atoms with Gasteiger partial charge in [0.1, 0.15) is 5.15 Å². The lowest BCUT2D eigenvalue weighted by atomic mass is 9.98. The third-order valence-electron chi connectivity index (χ3n) is 4.42. The average molecular weight is 293 g/mol. The number of nitrogens with zero attached hydrogens (tertiary/aromatic N) is 1. The largest absolute Gasteiger partial charge is 0.352 e. The molecule has 0 unspecified atom stereocenters. The van der Waals surface area contributed by atoms with E-state index >= 15 is 0 Å². The summed E-state index contributed by atoms with van der Waals surface area (Å²) in [6.45, 7) is 2.83. The molecule has 0 atom stereocenters. The van der Waals surface area contributed by atoms with Gasteiger partial charge in [0.25, 0.3) is 5.91 Å². The maximum Gasteiger partial charge on any atom is 0.251 e. The van der Waals surface area contributed by atoms with Crippen LogP contribution in [-0.4, -0.2) is 17.4 Å². The summed E-state index contributed by atoms with van der Waals surface area (Å²) in [5, 5.41) is 3.49. The van der Waals surface area contributed by atoms with Crippen LogP contribution in [0.15, 0.2) is 12.1 Å². The Kier molecular flexibility index (Phi) is 3.97. The predicted octanol–water partition coefficient (Wildman–Crippen LogP) is 3.46. The van der Waals surface area contributed by atoms with Gasteiger partial charge in [0.05, 0.1) is 0 Å². The van der Waals surface area contributed by atoms with Crippen LogP contribution in [0.5, 0.6) is 0 Å². The molecule has 0 bridgehead atoms. The maximum absolute atomic E-state index is 12.3. The quantitative estimate of drug-likeness (QED) is 0.816. The molecule has 1 amide bonds. The molecular weight excluding hydrogens is 272 g/mol. The first kappa shape index (κ1) is 13.9. The minimum atomic E-state index is -0.0182. The van der Waals surface area contributed by atoms with E-state index < -0.39 is 0 Å². The number of amides is 1. The van der Waals surface area contributed by atoms with Crippen molar-refractivity contribution in [1.82, 2.24) is 10.3 Å². The fourth-order valence-corrected chi connectivity index (χ4v) is 3.17. The van der Waals surface area contributed by atoms with Crippen molar-refractivity contribution in [2.75, 3.05) is 6.54 Å². The Morgan fingerprint density at radius 1 is 1.35 bits per heavy atom. The number of nitrogens with one attached hydrogen (secondary N) is 1. The standard InChI is InChI=1S/C16H21ClN2O/c1-2-13-7-12(8-15(17)19-13)16(20)18-9-14(10-3-4-10)11-5-6-11/h7-8,10-11,14H,2-6,9H2,1H3,(H,18,20). The molecule has 108 valence electrons. The molecule has 2 aliphatic carbocycles. The molecule has 3 nitrogen and oxygen atoms in total. The van der Waals surface area contributed by atoms with Crippen molar-refractivity contribution in [3.8, 4) is 0 Å². The first-order chi connectivity index (χ1) is 9.67. The van der Waals surface area contributed by atoms with Gasteiger partial charge in [0.2, 0.25) is 0 Å². The van der Waals surface area contributed by atoms with Gasteiger partial charge in [-0.1, -0.05) is 18.5 Å². The number of hydrogen-bond donors (Lipinski definition) is 1. The van der Waals surface area contributed by atoms with Gasteiger partial charge in [-0.25, -0.2) is 4.98 Å². The number of pyridine rings is 1. The zero-order valence-electron chi connectivity index (χ0n) is 11.9. The van der Waals surface area contributed by atoms with E-state index in [1.165, 1.54) is 25.7 Å². The summed E-state index contributed by atoms with van der Waals surface area (Å²) >= 11 is 5.97. The molecule has 1 N–H and O–H groups in total. The second-order valence-corrected chi connectivity index (χ2v) is 6.46. The van der Waals surface area contributed by atoms with Gasteiger partial charge in [0, 0.05) is 17.8 Å². The van der Waals surface area contributed by atoms with Crippen molar-refractivity contribution < 1.29 is 4.79 Å². The topological polar surface area (TPSA) is 42.0 Å². The van der Waals surface area contributed by atoms with Crippen LogP contribution in [0.2, 0.25) is 5.15 Å². The van der Waals surface area contributed by atoms with E-state index in [0.717, 1.165) is 30.5 Å². The van der Waals surface area contributed by atoms with Crippen molar-refractivity contribution in [1.29, 1.82) is 0 Å². The van der Waals surface area contributed by atoms with E-state index in [-0.39, 0.29) is 5.91 Å². The Balaban J connectivity index is 1.62. The second-order valence-electron chi connectivity index (χ2n) is 6.07. The van der Waals surface area contributed by atoms with E-state index in [0.29, 0.717) is 16.6 Å². The third kappa shape index (κ3) is 3.32. The van der Waals surface area contributed by atoms with Crippen molar-refractivity contribution in [2.45, 2.75) is 39.0 Å². The highest BCUT2D eigenvalue weighted by atomic mass is 35.5. The second kappa shape index (κ2) is 5.72. The summed E-state index contributed by atoms with van der Waals surface area (Å²) in [7, 11) is 0. The van der Waals surface area contributed by atoms with E-state index in [1.807, 2.05) is 13.0 Å². The Hall–Kier alpha value is -1.09. The zero-order chi connectivity index (χ0) is 14.1. The van der Waals surface area contributed by atoms with E-state index in [1.54, 1.807) is 6.07 Å². The Morgan fingerprint density at radius 2 is 2.00 bits per heavy atom. The van der Waals surface area contributed by atoms with Crippen molar-refractivity contribution in [2.24, 2.45) is 17.8 Å². The molecule has 20 heavy (non-hydrogen) atoms. The van der Waals surface area contributed by atoms with Crippen LogP contribution < -0.4 is 5.32 Å². The lowest BCUT2D eigenvalue weighted by Crippen LogP contribution is -2.31. The molecule has 0 radical (unpaired) electrons. The molecule has 0 aromatic carbocycles. The zero-order valence-corrected chi connectivity index (χ0v) is 12.6. The third-order valence-corrected chi connectivity index (χ3v) is 4.62. The van der Waals surface area contributed by atoms with E-state index in [2.05, 4.69) is 10.3 Å². The first-order valence-electron chi connectivity index (χ1n) is 7.62. The van der Waals surface area contributed by atoms with Crippen LogP contribution in [0.1, 0.15) is 48.7 Å². The van der Waals surface area contributed by atoms with Gasteiger partial charge in [-0.3, -0.25) is 4.79 Å². The molecule has 4 heteroatoms. The van der Waals surface area contributed by atoms with Gasteiger partial charge in [0.15, 0.2) is 0 Å². The van der Waals surface area contributed by atoms with Gasteiger partial charge < -0.3 is 5.32 Å². The number of aryl methyl sites for hydroxylation is 1. The van der Waals surface area contributed by atoms with Crippen LogP contribution in [0.3, 0.4) is 0 Å². The molecule has 1 aromatic heterocycles. The number of aromatic nitrogens is 1. The number of carbonyl (C=O) groups excluding carboxylic acids is 1. The molecule has 2 saturated carbocycles. The molecule has 0 aliphatic heterocycles. The van der Waals surface area contributed by atoms with Crippen LogP contribution in [-0.2, 0) is 6.42 Å². The molecule has 1 heterocycles. The van der Waals surface area contributed by atoms with E-state index in [9.17, 15) is 4.79 Å². The minimum absolute atomic E-state index is 0.0182. The van der Waals surface area contributed by atoms with E-state index in [4.69, 9.17) is 11.6 Å². The minimum Gasteiger partial charge on any atom is -0.352 e. The molecule has 0 saturated heterocycles. The molecule has 3 rings (SSSR count). The fourth-order valence-electron chi connectivity index (χ4n) is 2.94. The number of carbonyl (C=O) groups is 1. The summed E-state index contributed by atoms with van der Waals surface area (Å²) < 4.78 is 0. The SMILES string of the molecule is CCc1cc(C(=O)NCC(C2CC2)C2CC2)cc(Cl)n1. The van der Waals surface area contributed by atoms with Gasteiger partial charge in [-0.15, -0.1) is 0 Å². The lowest BCUT2D eigenvalue weighted by Gasteiger charge is -2.16. The maximum atomic E-state index is 12.3. The van der Waals surface area contributed by atoms with Crippen LogP contribution in [0.25, 0.3) is 0 Å². The normalized spacial score (nSPS) is 18.4. The summed E-state index contributed by atoms with van der Waals surface area (Å²) in [5.41, 5.74) is 1.50. The molecule has 2 aliphatic rings.